The molecule has 74 valence electrons. The quantitative estimate of drug-likeness (QED) is 0.600. The first-order valence-electron chi connectivity index (χ1n) is 4.99. The normalized spacial score (nSPS) is 16.0. The Morgan fingerprint density at radius 2 is 1.92 bits per heavy atom. The maximum atomic E-state index is 6.02. The smallest absolute Gasteiger partial charge is 0.0643 e. The third-order valence-electron chi connectivity index (χ3n) is 1.99. The third-order valence-corrected chi connectivity index (χ3v) is 1.99. The van der Waals surface area contributed by atoms with Gasteiger partial charge in [0, 0.05) is 12.1 Å². The topological polar surface area (TPSA) is 35.2 Å². The standard InChI is InChI=1S/C10H23NO/c1-4-6-7-8-10(3,11)9-12-5-2/h4-9,11H2,1-3H3. The molecule has 0 aliphatic carbocycles. The summed E-state index contributed by atoms with van der Waals surface area (Å²) in [5.41, 5.74) is 5.90. The zero-order chi connectivity index (χ0) is 9.45. The van der Waals surface area contributed by atoms with Crippen LogP contribution in [0.2, 0.25) is 0 Å². The van der Waals surface area contributed by atoms with E-state index >= 15 is 0 Å². The van der Waals surface area contributed by atoms with Crippen LogP contribution in [0.3, 0.4) is 0 Å². The predicted octanol–water partition coefficient (Wildman–Crippen LogP) is 2.32. The van der Waals surface area contributed by atoms with Gasteiger partial charge in [-0.15, -0.1) is 0 Å². The molecule has 0 radical (unpaired) electrons. The van der Waals surface area contributed by atoms with Crippen molar-refractivity contribution in [2.45, 2.75) is 52.0 Å². The number of hydrogen-bond acceptors (Lipinski definition) is 2. The van der Waals surface area contributed by atoms with Crippen molar-refractivity contribution in [3.63, 3.8) is 0 Å². The molecule has 0 bridgehead atoms. The van der Waals surface area contributed by atoms with Gasteiger partial charge in [0.1, 0.15) is 0 Å². The molecule has 0 spiro atoms. The monoisotopic (exact) mass is 173 g/mol. The van der Waals surface area contributed by atoms with Gasteiger partial charge in [0.05, 0.1) is 6.61 Å². The van der Waals surface area contributed by atoms with E-state index in [9.17, 15) is 0 Å². The summed E-state index contributed by atoms with van der Waals surface area (Å²) in [5, 5.41) is 0. The minimum absolute atomic E-state index is 0.120. The lowest BCUT2D eigenvalue weighted by Crippen LogP contribution is -2.41. The first-order chi connectivity index (χ1) is 5.62. The zero-order valence-electron chi connectivity index (χ0n) is 8.73. The molecule has 2 heteroatoms. The van der Waals surface area contributed by atoms with Crippen LogP contribution >= 0.6 is 0 Å². The van der Waals surface area contributed by atoms with E-state index in [2.05, 4.69) is 13.8 Å². The van der Waals surface area contributed by atoms with Crippen LogP contribution in [0, 0.1) is 0 Å². The third kappa shape index (κ3) is 6.62. The minimum atomic E-state index is -0.120. The Balaban J connectivity index is 3.42. The van der Waals surface area contributed by atoms with Crippen LogP contribution in [0.5, 0.6) is 0 Å². The molecule has 0 rings (SSSR count). The summed E-state index contributed by atoms with van der Waals surface area (Å²) in [5.74, 6) is 0. The molecule has 0 amide bonds. The summed E-state index contributed by atoms with van der Waals surface area (Å²) in [6.45, 7) is 7.73. The molecule has 0 fully saturated rings. The Morgan fingerprint density at radius 1 is 1.25 bits per heavy atom. The highest BCUT2D eigenvalue weighted by Crippen LogP contribution is 2.11. The van der Waals surface area contributed by atoms with E-state index in [1.165, 1.54) is 19.3 Å². The number of nitrogens with two attached hydrogens (primary N) is 1. The molecule has 2 nitrogen and oxygen atoms in total. The summed E-state index contributed by atoms with van der Waals surface area (Å²) < 4.78 is 5.30. The highest BCUT2D eigenvalue weighted by Gasteiger charge is 2.17. The molecule has 0 saturated carbocycles. The maximum absolute atomic E-state index is 6.02. The van der Waals surface area contributed by atoms with Crippen LogP contribution in [0.15, 0.2) is 0 Å². The van der Waals surface area contributed by atoms with Crippen LogP contribution in [0.4, 0.5) is 0 Å². The van der Waals surface area contributed by atoms with Gasteiger partial charge in [0.15, 0.2) is 0 Å². The minimum Gasteiger partial charge on any atom is -0.380 e. The molecule has 0 aliphatic rings. The van der Waals surface area contributed by atoms with E-state index in [0.29, 0.717) is 6.61 Å². The van der Waals surface area contributed by atoms with Crippen molar-refractivity contribution in [3.8, 4) is 0 Å². The van der Waals surface area contributed by atoms with E-state index in [0.717, 1.165) is 13.0 Å². The average molecular weight is 173 g/mol. The van der Waals surface area contributed by atoms with Crippen molar-refractivity contribution >= 4 is 0 Å². The average Bonchev–Trinajstić information content (AvgIpc) is 2.01. The molecule has 0 heterocycles. The second-order valence-corrected chi connectivity index (χ2v) is 3.75. The molecule has 1 unspecified atom stereocenters. The van der Waals surface area contributed by atoms with Gasteiger partial charge in [-0.05, 0) is 20.3 Å². The van der Waals surface area contributed by atoms with Crippen molar-refractivity contribution in [3.05, 3.63) is 0 Å². The van der Waals surface area contributed by atoms with E-state index in [1.54, 1.807) is 0 Å². The van der Waals surface area contributed by atoms with Crippen LogP contribution in [-0.2, 0) is 4.74 Å². The molecular formula is C10H23NO. The lowest BCUT2D eigenvalue weighted by Gasteiger charge is -2.23. The second kappa shape index (κ2) is 6.44. The van der Waals surface area contributed by atoms with E-state index in [4.69, 9.17) is 10.5 Å². The fourth-order valence-corrected chi connectivity index (χ4v) is 1.19. The summed E-state index contributed by atoms with van der Waals surface area (Å²) in [4.78, 5) is 0. The largest absolute Gasteiger partial charge is 0.380 e. The van der Waals surface area contributed by atoms with Crippen molar-refractivity contribution in [2.24, 2.45) is 5.73 Å². The van der Waals surface area contributed by atoms with Gasteiger partial charge in [-0.3, -0.25) is 0 Å². The Bertz CT molecular complexity index is 102. The van der Waals surface area contributed by atoms with Gasteiger partial charge in [-0.1, -0.05) is 26.2 Å². The lowest BCUT2D eigenvalue weighted by molar-refractivity contribution is 0.0965. The zero-order valence-corrected chi connectivity index (χ0v) is 8.73. The van der Waals surface area contributed by atoms with Crippen molar-refractivity contribution in [2.75, 3.05) is 13.2 Å². The van der Waals surface area contributed by atoms with Crippen molar-refractivity contribution < 1.29 is 4.74 Å². The molecular weight excluding hydrogens is 150 g/mol. The van der Waals surface area contributed by atoms with Gasteiger partial charge in [-0.25, -0.2) is 0 Å². The number of hydrogen-bond donors (Lipinski definition) is 1. The highest BCUT2D eigenvalue weighted by molar-refractivity contribution is 4.77. The first-order valence-corrected chi connectivity index (χ1v) is 4.99. The van der Waals surface area contributed by atoms with E-state index in [-0.39, 0.29) is 5.54 Å². The van der Waals surface area contributed by atoms with Crippen molar-refractivity contribution in [1.29, 1.82) is 0 Å². The first kappa shape index (κ1) is 11.9. The summed E-state index contributed by atoms with van der Waals surface area (Å²) >= 11 is 0. The van der Waals surface area contributed by atoms with Crippen LogP contribution in [0.1, 0.15) is 46.5 Å². The van der Waals surface area contributed by atoms with Crippen LogP contribution in [-0.4, -0.2) is 18.8 Å². The molecule has 0 aliphatic heterocycles. The van der Waals surface area contributed by atoms with Gasteiger partial charge in [0.2, 0.25) is 0 Å². The number of ether oxygens (including phenoxy) is 1. The van der Waals surface area contributed by atoms with E-state index in [1.807, 2.05) is 6.92 Å². The Hall–Kier alpha value is -0.0800. The summed E-state index contributed by atoms with van der Waals surface area (Å²) in [7, 11) is 0. The summed E-state index contributed by atoms with van der Waals surface area (Å²) in [6.07, 6.45) is 4.82. The molecule has 1 atom stereocenters. The molecule has 0 aromatic heterocycles. The molecule has 0 saturated heterocycles. The van der Waals surface area contributed by atoms with Crippen LogP contribution in [0.25, 0.3) is 0 Å². The number of unbranched alkanes of at least 4 members (excludes halogenated alkanes) is 2. The van der Waals surface area contributed by atoms with Gasteiger partial charge in [-0.2, -0.15) is 0 Å². The second-order valence-electron chi connectivity index (χ2n) is 3.75. The van der Waals surface area contributed by atoms with Crippen molar-refractivity contribution in [1.82, 2.24) is 0 Å². The Kier molecular flexibility index (Phi) is 6.39. The maximum Gasteiger partial charge on any atom is 0.0643 e. The lowest BCUT2D eigenvalue weighted by atomic mass is 9.97. The van der Waals surface area contributed by atoms with E-state index < -0.39 is 0 Å². The highest BCUT2D eigenvalue weighted by atomic mass is 16.5. The Labute approximate surface area is 76.5 Å². The fourth-order valence-electron chi connectivity index (χ4n) is 1.19. The fraction of sp³-hybridized carbons (Fsp3) is 1.00. The summed E-state index contributed by atoms with van der Waals surface area (Å²) in [6, 6.07) is 0. The van der Waals surface area contributed by atoms with Crippen LogP contribution < -0.4 is 5.73 Å². The molecule has 0 aromatic rings. The SMILES string of the molecule is CCCCCC(C)(N)COCC. The molecule has 2 N–H and O–H groups in total. The van der Waals surface area contributed by atoms with Gasteiger partial charge >= 0.3 is 0 Å². The molecule has 12 heavy (non-hydrogen) atoms. The number of rotatable bonds is 7. The predicted molar refractivity (Wildman–Crippen MR) is 53.2 cm³/mol. The van der Waals surface area contributed by atoms with Gasteiger partial charge in [0.25, 0.3) is 0 Å². The molecule has 0 aromatic carbocycles. The van der Waals surface area contributed by atoms with Gasteiger partial charge < -0.3 is 10.5 Å². The Morgan fingerprint density at radius 3 is 2.42 bits per heavy atom.